The van der Waals surface area contributed by atoms with Crippen LogP contribution < -0.4 is 5.32 Å². The Labute approximate surface area is 112 Å². The van der Waals surface area contributed by atoms with Crippen molar-refractivity contribution < 1.29 is 13.2 Å². The van der Waals surface area contributed by atoms with Gasteiger partial charge in [-0.2, -0.15) is 0 Å². The number of thioether (sulfide) groups is 1. The van der Waals surface area contributed by atoms with Gasteiger partial charge in [-0.05, 0) is 11.6 Å². The van der Waals surface area contributed by atoms with Gasteiger partial charge in [-0.15, -0.1) is 11.8 Å². The summed E-state index contributed by atoms with van der Waals surface area (Å²) in [4.78, 5) is 1.11. The van der Waals surface area contributed by atoms with Crippen molar-refractivity contribution in [3.05, 3.63) is 59.4 Å². The van der Waals surface area contributed by atoms with Crippen molar-refractivity contribution in [2.75, 3.05) is 11.1 Å². The van der Waals surface area contributed by atoms with Crippen LogP contribution in [0.25, 0.3) is 0 Å². The highest BCUT2D eigenvalue weighted by Gasteiger charge is 2.24. The van der Waals surface area contributed by atoms with E-state index in [0.29, 0.717) is 11.8 Å². The summed E-state index contributed by atoms with van der Waals surface area (Å²) in [6.07, 6.45) is 0. The Bertz CT molecular complexity index is 630. The highest BCUT2D eigenvalue weighted by Crippen LogP contribution is 2.40. The molecule has 1 heterocycles. The zero-order valence-electron chi connectivity index (χ0n) is 9.79. The van der Waals surface area contributed by atoms with Gasteiger partial charge in [0.1, 0.15) is 5.82 Å². The van der Waals surface area contributed by atoms with Crippen LogP contribution in [0.3, 0.4) is 0 Å². The van der Waals surface area contributed by atoms with Gasteiger partial charge >= 0.3 is 0 Å². The van der Waals surface area contributed by atoms with Crippen LogP contribution in [0.4, 0.5) is 18.9 Å². The quantitative estimate of drug-likeness (QED) is 0.821. The van der Waals surface area contributed by atoms with Gasteiger partial charge in [-0.25, -0.2) is 13.2 Å². The Morgan fingerprint density at radius 1 is 1.11 bits per heavy atom. The van der Waals surface area contributed by atoms with Crippen molar-refractivity contribution in [1.29, 1.82) is 0 Å². The van der Waals surface area contributed by atoms with Gasteiger partial charge in [-0.3, -0.25) is 0 Å². The molecule has 1 N–H and O–H groups in total. The molecule has 0 fully saturated rings. The molecule has 0 aliphatic carbocycles. The average molecular weight is 281 g/mol. The Hall–Kier alpha value is -1.62. The van der Waals surface area contributed by atoms with E-state index < -0.39 is 17.5 Å². The normalized spacial score (nSPS) is 17.3. The van der Waals surface area contributed by atoms with Crippen molar-refractivity contribution >= 4 is 17.4 Å². The average Bonchev–Trinajstić information content (AvgIpc) is 2.79. The molecule has 1 aliphatic heterocycles. The summed E-state index contributed by atoms with van der Waals surface area (Å²) in [5, 5.41) is 2.87. The number of hydrogen-bond donors (Lipinski definition) is 1. The van der Waals surface area contributed by atoms with E-state index in [-0.39, 0.29) is 11.7 Å². The van der Waals surface area contributed by atoms with Crippen molar-refractivity contribution in [2.45, 2.75) is 10.9 Å². The maximum Gasteiger partial charge on any atom is 0.182 e. The highest BCUT2D eigenvalue weighted by atomic mass is 32.2. The molecule has 0 amide bonds. The van der Waals surface area contributed by atoms with Gasteiger partial charge in [0.05, 0.1) is 11.7 Å². The largest absolute Gasteiger partial charge is 0.375 e. The predicted octanol–water partition coefficient (Wildman–Crippen LogP) is 4.36. The van der Waals surface area contributed by atoms with E-state index in [1.807, 2.05) is 24.3 Å². The maximum absolute atomic E-state index is 13.6. The van der Waals surface area contributed by atoms with Crippen LogP contribution in [-0.4, -0.2) is 5.75 Å². The topological polar surface area (TPSA) is 12.0 Å². The first-order chi connectivity index (χ1) is 9.15. The van der Waals surface area contributed by atoms with Gasteiger partial charge in [-0.1, -0.05) is 18.2 Å². The second-order valence-electron chi connectivity index (χ2n) is 4.29. The summed E-state index contributed by atoms with van der Waals surface area (Å²) < 4.78 is 39.9. The van der Waals surface area contributed by atoms with Crippen molar-refractivity contribution in [2.24, 2.45) is 0 Å². The first-order valence-corrected chi connectivity index (χ1v) is 6.76. The van der Waals surface area contributed by atoms with Crippen LogP contribution in [0.15, 0.2) is 41.3 Å². The smallest absolute Gasteiger partial charge is 0.182 e. The fourth-order valence-electron chi connectivity index (χ4n) is 2.13. The summed E-state index contributed by atoms with van der Waals surface area (Å²) >= 11 is 1.64. The number of nitrogens with one attached hydrogen (secondary N) is 1. The molecular weight excluding hydrogens is 271 g/mol. The van der Waals surface area contributed by atoms with Crippen LogP contribution in [0.1, 0.15) is 11.6 Å². The molecule has 19 heavy (non-hydrogen) atoms. The summed E-state index contributed by atoms with van der Waals surface area (Å²) in [5.74, 6) is -2.31. The first kappa shape index (κ1) is 12.4. The van der Waals surface area contributed by atoms with E-state index in [9.17, 15) is 13.2 Å². The molecule has 1 nitrogen and oxygen atoms in total. The number of hydrogen-bond acceptors (Lipinski definition) is 2. The first-order valence-electron chi connectivity index (χ1n) is 5.78. The fraction of sp³-hybridized carbons (Fsp3) is 0.143. The maximum atomic E-state index is 13.6. The summed E-state index contributed by atoms with van der Waals surface area (Å²) in [7, 11) is 0. The van der Waals surface area contributed by atoms with Gasteiger partial charge in [0, 0.05) is 22.8 Å². The van der Waals surface area contributed by atoms with E-state index in [0.717, 1.165) is 16.5 Å². The third kappa shape index (κ3) is 2.30. The minimum Gasteiger partial charge on any atom is -0.375 e. The van der Waals surface area contributed by atoms with Gasteiger partial charge in [0.15, 0.2) is 11.6 Å². The minimum absolute atomic E-state index is 0.139. The van der Waals surface area contributed by atoms with Crippen LogP contribution in [-0.2, 0) is 0 Å². The van der Waals surface area contributed by atoms with Gasteiger partial charge in [0.2, 0.25) is 0 Å². The van der Waals surface area contributed by atoms with Crippen molar-refractivity contribution in [1.82, 2.24) is 0 Å². The SMILES string of the molecule is Fc1cc(F)c(F)c(NC2CSc3ccccc32)c1. The van der Waals surface area contributed by atoms with Crippen LogP contribution in [0.2, 0.25) is 0 Å². The van der Waals surface area contributed by atoms with Gasteiger partial charge in [0.25, 0.3) is 0 Å². The van der Waals surface area contributed by atoms with Gasteiger partial charge < -0.3 is 5.32 Å². The molecule has 0 saturated carbocycles. The van der Waals surface area contributed by atoms with E-state index in [1.165, 1.54) is 0 Å². The number of fused-ring (bicyclic) bond motifs is 1. The van der Waals surface area contributed by atoms with Crippen LogP contribution in [0, 0.1) is 17.5 Å². The number of rotatable bonds is 2. The molecule has 1 atom stereocenters. The predicted molar refractivity (Wildman–Crippen MR) is 69.8 cm³/mol. The zero-order chi connectivity index (χ0) is 13.4. The molecule has 0 spiro atoms. The molecule has 1 unspecified atom stereocenters. The molecule has 1 aliphatic rings. The minimum atomic E-state index is -1.18. The van der Waals surface area contributed by atoms with E-state index in [4.69, 9.17) is 0 Å². The summed E-state index contributed by atoms with van der Waals surface area (Å²) in [5.41, 5.74) is 0.886. The fourth-order valence-corrected chi connectivity index (χ4v) is 3.29. The van der Waals surface area contributed by atoms with Crippen LogP contribution in [0.5, 0.6) is 0 Å². The molecule has 2 aromatic rings. The molecule has 2 aromatic carbocycles. The lowest BCUT2D eigenvalue weighted by Gasteiger charge is -2.15. The standard InChI is InChI=1S/C14H10F3NS/c15-8-5-10(16)14(17)11(6-8)18-12-7-19-13-4-2-1-3-9(12)13/h1-6,12,18H,7H2. The molecule has 0 aromatic heterocycles. The second kappa shape index (κ2) is 4.81. The Balaban J connectivity index is 1.92. The summed E-state index contributed by atoms with van der Waals surface area (Å²) in [6.45, 7) is 0. The number of benzene rings is 2. The Morgan fingerprint density at radius 3 is 2.74 bits per heavy atom. The lowest BCUT2D eigenvalue weighted by molar-refractivity contribution is 0.496. The Morgan fingerprint density at radius 2 is 1.89 bits per heavy atom. The van der Waals surface area contributed by atoms with E-state index in [1.54, 1.807) is 11.8 Å². The zero-order valence-corrected chi connectivity index (χ0v) is 10.6. The molecule has 0 saturated heterocycles. The third-order valence-electron chi connectivity index (χ3n) is 3.02. The van der Waals surface area contributed by atoms with Crippen molar-refractivity contribution in [3.63, 3.8) is 0 Å². The highest BCUT2D eigenvalue weighted by molar-refractivity contribution is 7.99. The second-order valence-corrected chi connectivity index (χ2v) is 5.36. The van der Waals surface area contributed by atoms with E-state index in [2.05, 4.69) is 5.32 Å². The molecule has 0 bridgehead atoms. The molecule has 98 valence electrons. The molecule has 5 heteroatoms. The summed E-state index contributed by atoms with van der Waals surface area (Å²) in [6, 6.07) is 9.10. The molecule has 3 rings (SSSR count). The van der Waals surface area contributed by atoms with E-state index >= 15 is 0 Å². The lowest BCUT2D eigenvalue weighted by atomic mass is 10.1. The Kier molecular flexibility index (Phi) is 3.14. The monoisotopic (exact) mass is 281 g/mol. The van der Waals surface area contributed by atoms with Crippen molar-refractivity contribution in [3.8, 4) is 0 Å². The number of anilines is 1. The third-order valence-corrected chi connectivity index (χ3v) is 4.21. The number of halogens is 3. The van der Waals surface area contributed by atoms with Crippen LogP contribution >= 0.6 is 11.8 Å². The lowest BCUT2D eigenvalue weighted by Crippen LogP contribution is -2.11. The molecular formula is C14H10F3NS. The molecule has 0 radical (unpaired) electrons.